The third kappa shape index (κ3) is 1.98. The maximum Gasteiger partial charge on any atom is 0.259 e. The average Bonchev–Trinajstić information content (AvgIpc) is 2.85. The SMILES string of the molecule is Cc1sc2nc(Cn3ccnc3C)[nH]c(=O)c2c1C. The molecule has 0 saturated heterocycles. The fourth-order valence-corrected chi connectivity index (χ4v) is 3.16. The molecule has 1 N–H and O–H groups in total. The van der Waals surface area contributed by atoms with E-state index in [0.29, 0.717) is 17.8 Å². The van der Waals surface area contributed by atoms with E-state index in [2.05, 4.69) is 15.0 Å². The Morgan fingerprint density at radius 3 is 2.84 bits per heavy atom. The van der Waals surface area contributed by atoms with Crippen molar-refractivity contribution in [2.75, 3.05) is 0 Å². The molecule has 0 radical (unpaired) electrons. The van der Waals surface area contributed by atoms with Gasteiger partial charge in [0.2, 0.25) is 0 Å². The number of imidazole rings is 1. The van der Waals surface area contributed by atoms with Crippen LogP contribution < -0.4 is 5.56 Å². The lowest BCUT2D eigenvalue weighted by atomic mass is 10.2. The summed E-state index contributed by atoms with van der Waals surface area (Å²) in [5, 5.41) is 0.716. The first-order chi connectivity index (χ1) is 9.06. The normalized spacial score (nSPS) is 11.3. The van der Waals surface area contributed by atoms with Crippen LogP contribution in [0, 0.1) is 20.8 Å². The van der Waals surface area contributed by atoms with Crippen LogP contribution in [0.15, 0.2) is 17.2 Å². The second kappa shape index (κ2) is 4.31. The topological polar surface area (TPSA) is 63.6 Å². The smallest absolute Gasteiger partial charge is 0.259 e. The van der Waals surface area contributed by atoms with Gasteiger partial charge in [-0.25, -0.2) is 9.97 Å². The molecule has 3 heterocycles. The molecule has 0 atom stereocenters. The zero-order valence-corrected chi connectivity index (χ0v) is 11.8. The number of H-pyrrole nitrogens is 1. The minimum atomic E-state index is -0.0559. The summed E-state index contributed by atoms with van der Waals surface area (Å²) in [5.41, 5.74) is 0.971. The third-order valence-corrected chi connectivity index (χ3v) is 4.43. The van der Waals surface area contributed by atoms with Gasteiger partial charge < -0.3 is 9.55 Å². The van der Waals surface area contributed by atoms with Gasteiger partial charge in [-0.3, -0.25) is 4.79 Å². The standard InChI is InChI=1S/C13H14N4OS/c1-7-8(2)19-13-11(7)12(18)15-10(16-13)6-17-5-4-14-9(17)3/h4-5H,6H2,1-3H3,(H,15,16,18). The Bertz CT molecular complexity index is 812. The van der Waals surface area contributed by atoms with Gasteiger partial charge in [-0.05, 0) is 26.3 Å². The molecule has 0 aliphatic carbocycles. The Hall–Kier alpha value is -1.95. The van der Waals surface area contributed by atoms with Gasteiger partial charge in [0.15, 0.2) is 0 Å². The van der Waals surface area contributed by atoms with Crippen LogP contribution in [0.5, 0.6) is 0 Å². The van der Waals surface area contributed by atoms with Gasteiger partial charge in [0.1, 0.15) is 16.5 Å². The van der Waals surface area contributed by atoms with Crippen molar-refractivity contribution < 1.29 is 0 Å². The Balaban J connectivity index is 2.12. The highest BCUT2D eigenvalue weighted by Gasteiger charge is 2.12. The molecule has 5 nitrogen and oxygen atoms in total. The highest BCUT2D eigenvalue weighted by molar-refractivity contribution is 7.18. The van der Waals surface area contributed by atoms with Gasteiger partial charge in [0.25, 0.3) is 5.56 Å². The van der Waals surface area contributed by atoms with Gasteiger partial charge >= 0.3 is 0 Å². The number of hydrogen-bond donors (Lipinski definition) is 1. The molecule has 0 aromatic carbocycles. The van der Waals surface area contributed by atoms with E-state index in [1.54, 1.807) is 17.5 Å². The second-order valence-corrected chi connectivity index (χ2v) is 5.78. The van der Waals surface area contributed by atoms with E-state index < -0.39 is 0 Å². The van der Waals surface area contributed by atoms with Gasteiger partial charge in [-0.15, -0.1) is 11.3 Å². The zero-order chi connectivity index (χ0) is 13.6. The molecule has 3 rings (SSSR count). The molecule has 19 heavy (non-hydrogen) atoms. The molecule has 6 heteroatoms. The predicted molar refractivity (Wildman–Crippen MR) is 75.8 cm³/mol. The summed E-state index contributed by atoms with van der Waals surface area (Å²) in [7, 11) is 0. The summed E-state index contributed by atoms with van der Waals surface area (Å²) in [6.45, 7) is 6.44. The Morgan fingerprint density at radius 2 is 2.16 bits per heavy atom. The first kappa shape index (κ1) is 12.1. The highest BCUT2D eigenvalue weighted by Crippen LogP contribution is 2.25. The summed E-state index contributed by atoms with van der Waals surface area (Å²) in [6.07, 6.45) is 3.62. The molecule has 0 aliphatic rings. The second-order valence-electron chi connectivity index (χ2n) is 4.58. The first-order valence-corrected chi connectivity index (χ1v) is 6.84. The van der Waals surface area contributed by atoms with Crippen LogP contribution in [-0.4, -0.2) is 19.5 Å². The van der Waals surface area contributed by atoms with E-state index in [0.717, 1.165) is 21.1 Å². The lowest BCUT2D eigenvalue weighted by Crippen LogP contribution is -2.14. The van der Waals surface area contributed by atoms with Crippen LogP contribution in [0.2, 0.25) is 0 Å². The highest BCUT2D eigenvalue weighted by atomic mass is 32.1. The molecule has 98 valence electrons. The van der Waals surface area contributed by atoms with Gasteiger partial charge in [-0.1, -0.05) is 0 Å². The molecular weight excluding hydrogens is 260 g/mol. The van der Waals surface area contributed by atoms with E-state index in [4.69, 9.17) is 0 Å². The lowest BCUT2D eigenvalue weighted by Gasteiger charge is -2.04. The maximum atomic E-state index is 12.1. The number of rotatable bonds is 2. The monoisotopic (exact) mass is 274 g/mol. The number of fused-ring (bicyclic) bond motifs is 1. The van der Waals surface area contributed by atoms with Crippen molar-refractivity contribution in [3.8, 4) is 0 Å². The number of aromatic nitrogens is 4. The largest absolute Gasteiger partial charge is 0.328 e. The van der Waals surface area contributed by atoms with Crippen molar-refractivity contribution in [1.82, 2.24) is 19.5 Å². The summed E-state index contributed by atoms with van der Waals surface area (Å²) in [4.78, 5) is 25.7. The lowest BCUT2D eigenvalue weighted by molar-refractivity contribution is 0.719. The number of nitrogens with zero attached hydrogens (tertiary/aromatic N) is 3. The summed E-state index contributed by atoms with van der Waals surface area (Å²) in [6, 6.07) is 0. The van der Waals surface area contributed by atoms with E-state index in [1.165, 1.54) is 0 Å². The van der Waals surface area contributed by atoms with Crippen LogP contribution in [-0.2, 0) is 6.54 Å². The first-order valence-electron chi connectivity index (χ1n) is 6.03. The molecule has 0 fully saturated rings. The Morgan fingerprint density at radius 1 is 1.37 bits per heavy atom. The van der Waals surface area contributed by atoms with E-state index in [1.807, 2.05) is 31.5 Å². The molecule has 0 aliphatic heterocycles. The molecule has 3 aromatic heterocycles. The van der Waals surface area contributed by atoms with Crippen molar-refractivity contribution >= 4 is 21.6 Å². The maximum absolute atomic E-state index is 12.1. The Kier molecular flexibility index (Phi) is 2.74. The predicted octanol–water partition coefficient (Wildman–Crippen LogP) is 2.15. The Labute approximate surface area is 114 Å². The minimum Gasteiger partial charge on any atom is -0.328 e. The van der Waals surface area contributed by atoms with E-state index >= 15 is 0 Å². The number of hydrogen-bond acceptors (Lipinski definition) is 4. The quantitative estimate of drug-likeness (QED) is 0.779. The summed E-state index contributed by atoms with van der Waals surface area (Å²) < 4.78 is 1.96. The molecular formula is C13H14N4OS. The fourth-order valence-electron chi connectivity index (χ4n) is 2.11. The molecule has 0 bridgehead atoms. The van der Waals surface area contributed by atoms with Crippen molar-refractivity contribution in [3.63, 3.8) is 0 Å². The van der Waals surface area contributed by atoms with Gasteiger partial charge in [0.05, 0.1) is 11.9 Å². The van der Waals surface area contributed by atoms with Crippen LogP contribution in [0.1, 0.15) is 22.1 Å². The van der Waals surface area contributed by atoms with Crippen LogP contribution in [0.25, 0.3) is 10.2 Å². The van der Waals surface area contributed by atoms with E-state index in [9.17, 15) is 4.79 Å². The summed E-state index contributed by atoms with van der Waals surface area (Å²) in [5.74, 6) is 1.57. The zero-order valence-electron chi connectivity index (χ0n) is 11.0. The van der Waals surface area contributed by atoms with Crippen molar-refractivity contribution in [2.45, 2.75) is 27.3 Å². The average molecular weight is 274 g/mol. The van der Waals surface area contributed by atoms with Gasteiger partial charge in [0, 0.05) is 17.3 Å². The fraction of sp³-hybridized carbons (Fsp3) is 0.308. The van der Waals surface area contributed by atoms with Crippen LogP contribution in [0.4, 0.5) is 0 Å². The number of aryl methyl sites for hydroxylation is 3. The minimum absolute atomic E-state index is 0.0559. The number of nitrogens with one attached hydrogen (secondary N) is 1. The van der Waals surface area contributed by atoms with Crippen molar-refractivity contribution in [1.29, 1.82) is 0 Å². The summed E-state index contributed by atoms with van der Waals surface area (Å²) >= 11 is 1.57. The molecule has 0 unspecified atom stereocenters. The molecule has 0 amide bonds. The van der Waals surface area contributed by atoms with Gasteiger partial charge in [-0.2, -0.15) is 0 Å². The third-order valence-electron chi connectivity index (χ3n) is 3.33. The van der Waals surface area contributed by atoms with Crippen LogP contribution >= 0.6 is 11.3 Å². The molecule has 0 spiro atoms. The van der Waals surface area contributed by atoms with Crippen molar-refractivity contribution in [3.05, 3.63) is 44.8 Å². The number of aromatic amines is 1. The van der Waals surface area contributed by atoms with Crippen molar-refractivity contribution in [2.24, 2.45) is 0 Å². The van der Waals surface area contributed by atoms with E-state index in [-0.39, 0.29) is 5.56 Å². The molecule has 0 saturated carbocycles. The number of thiophene rings is 1. The molecule has 3 aromatic rings. The van der Waals surface area contributed by atoms with Crippen LogP contribution in [0.3, 0.4) is 0 Å².